The number of nitrogens with zero attached hydrogens (tertiary/aromatic N) is 2. The third kappa shape index (κ3) is 5.35. The fraction of sp³-hybridized carbons (Fsp3) is 0.333. The fourth-order valence-corrected chi connectivity index (χ4v) is 1.87. The molecule has 0 unspecified atom stereocenters. The van der Waals surface area contributed by atoms with Gasteiger partial charge in [0.2, 0.25) is 5.91 Å². The lowest BCUT2D eigenvalue weighted by atomic mass is 10.4. The molecule has 0 bridgehead atoms. The number of carbonyl (C=O) groups is 1. The molecule has 22 heavy (non-hydrogen) atoms. The number of carbonyl (C=O) groups excluding carboxylic acids is 1. The SMILES string of the molecule is CN=C(NCCn1cccc1)NCC(=O)NCc1ccco1. The van der Waals surface area contributed by atoms with Crippen LogP contribution in [0.1, 0.15) is 5.76 Å². The van der Waals surface area contributed by atoms with Crippen LogP contribution in [0.3, 0.4) is 0 Å². The van der Waals surface area contributed by atoms with Gasteiger partial charge in [0.1, 0.15) is 5.76 Å². The first-order valence-electron chi connectivity index (χ1n) is 7.12. The summed E-state index contributed by atoms with van der Waals surface area (Å²) in [5.41, 5.74) is 0. The van der Waals surface area contributed by atoms with Crippen LogP contribution < -0.4 is 16.0 Å². The molecule has 0 atom stereocenters. The molecule has 0 radical (unpaired) electrons. The molecule has 3 N–H and O–H groups in total. The summed E-state index contributed by atoms with van der Waals surface area (Å²) in [7, 11) is 1.67. The van der Waals surface area contributed by atoms with Crippen molar-refractivity contribution in [2.45, 2.75) is 13.1 Å². The lowest BCUT2D eigenvalue weighted by Gasteiger charge is -2.12. The van der Waals surface area contributed by atoms with E-state index in [4.69, 9.17) is 4.42 Å². The monoisotopic (exact) mass is 303 g/mol. The number of furan rings is 1. The first kappa shape index (κ1) is 15.7. The van der Waals surface area contributed by atoms with Crippen molar-refractivity contribution >= 4 is 11.9 Å². The summed E-state index contributed by atoms with van der Waals surface area (Å²) in [5.74, 6) is 1.20. The number of aromatic nitrogens is 1. The summed E-state index contributed by atoms with van der Waals surface area (Å²) in [4.78, 5) is 15.8. The molecule has 0 aromatic carbocycles. The molecular weight excluding hydrogens is 282 g/mol. The van der Waals surface area contributed by atoms with Crippen LogP contribution in [0.4, 0.5) is 0 Å². The Hall–Kier alpha value is -2.70. The van der Waals surface area contributed by atoms with E-state index in [-0.39, 0.29) is 12.5 Å². The maximum Gasteiger partial charge on any atom is 0.239 e. The van der Waals surface area contributed by atoms with Crippen LogP contribution in [0.15, 0.2) is 52.3 Å². The molecule has 1 amide bonds. The standard InChI is InChI=1S/C15H21N5O2/c1-16-15(17-6-9-20-7-2-3-8-20)19-12-14(21)18-11-13-5-4-10-22-13/h2-5,7-8,10H,6,9,11-12H2,1H3,(H,18,21)(H2,16,17,19). The van der Waals surface area contributed by atoms with Crippen LogP contribution in [0, 0.1) is 0 Å². The Morgan fingerprint density at radius 3 is 2.73 bits per heavy atom. The van der Waals surface area contributed by atoms with Gasteiger partial charge < -0.3 is 24.9 Å². The number of hydrogen-bond acceptors (Lipinski definition) is 3. The van der Waals surface area contributed by atoms with Crippen molar-refractivity contribution in [3.05, 3.63) is 48.7 Å². The second-order valence-corrected chi connectivity index (χ2v) is 4.63. The number of nitrogens with one attached hydrogen (secondary N) is 3. The zero-order valence-corrected chi connectivity index (χ0v) is 12.6. The zero-order valence-electron chi connectivity index (χ0n) is 12.6. The van der Waals surface area contributed by atoms with E-state index in [1.807, 2.05) is 30.6 Å². The summed E-state index contributed by atoms with van der Waals surface area (Å²) < 4.78 is 7.21. The van der Waals surface area contributed by atoms with Crippen molar-refractivity contribution in [2.24, 2.45) is 4.99 Å². The molecule has 0 aliphatic rings. The molecule has 7 heteroatoms. The van der Waals surface area contributed by atoms with Crippen LogP contribution >= 0.6 is 0 Å². The molecule has 0 fully saturated rings. The van der Waals surface area contributed by atoms with Gasteiger partial charge in [0, 0.05) is 32.5 Å². The predicted molar refractivity (Wildman–Crippen MR) is 84.4 cm³/mol. The van der Waals surface area contributed by atoms with Gasteiger partial charge in [0.25, 0.3) is 0 Å². The minimum atomic E-state index is -0.121. The second-order valence-electron chi connectivity index (χ2n) is 4.63. The van der Waals surface area contributed by atoms with E-state index in [0.717, 1.165) is 18.8 Å². The summed E-state index contributed by atoms with van der Waals surface area (Å²) in [6.07, 6.45) is 5.58. The minimum absolute atomic E-state index is 0.121. The molecule has 0 saturated carbocycles. The lowest BCUT2D eigenvalue weighted by Crippen LogP contribution is -2.43. The van der Waals surface area contributed by atoms with E-state index < -0.39 is 0 Å². The van der Waals surface area contributed by atoms with E-state index in [9.17, 15) is 4.79 Å². The van der Waals surface area contributed by atoms with Gasteiger partial charge in [-0.3, -0.25) is 9.79 Å². The van der Waals surface area contributed by atoms with Gasteiger partial charge in [-0.25, -0.2) is 0 Å². The number of hydrogen-bond donors (Lipinski definition) is 3. The molecule has 2 rings (SSSR count). The normalized spacial score (nSPS) is 11.2. The molecule has 7 nitrogen and oxygen atoms in total. The Bertz CT molecular complexity index is 575. The average Bonchev–Trinajstić information content (AvgIpc) is 3.21. The van der Waals surface area contributed by atoms with Gasteiger partial charge in [0.15, 0.2) is 5.96 Å². The highest BCUT2D eigenvalue weighted by molar-refractivity contribution is 5.86. The number of rotatable bonds is 7. The highest BCUT2D eigenvalue weighted by Crippen LogP contribution is 1.97. The van der Waals surface area contributed by atoms with Crippen LogP contribution in [-0.4, -0.2) is 36.6 Å². The molecule has 2 heterocycles. The summed E-state index contributed by atoms with van der Waals surface area (Å²) in [5, 5.41) is 8.88. The summed E-state index contributed by atoms with van der Waals surface area (Å²) in [6.45, 7) is 2.10. The van der Waals surface area contributed by atoms with Crippen molar-refractivity contribution in [1.82, 2.24) is 20.5 Å². The van der Waals surface area contributed by atoms with E-state index in [1.165, 1.54) is 0 Å². The van der Waals surface area contributed by atoms with Gasteiger partial charge in [-0.2, -0.15) is 0 Å². The molecule has 0 spiro atoms. The highest BCUT2D eigenvalue weighted by Gasteiger charge is 2.04. The first-order valence-corrected chi connectivity index (χ1v) is 7.12. The summed E-state index contributed by atoms with van der Waals surface area (Å²) >= 11 is 0. The molecule has 2 aromatic rings. The number of guanidine groups is 1. The van der Waals surface area contributed by atoms with Gasteiger partial charge in [-0.15, -0.1) is 0 Å². The van der Waals surface area contributed by atoms with Crippen molar-refractivity contribution in [2.75, 3.05) is 20.1 Å². The van der Waals surface area contributed by atoms with E-state index in [1.54, 1.807) is 19.4 Å². The van der Waals surface area contributed by atoms with Gasteiger partial charge in [0.05, 0.1) is 19.4 Å². The van der Waals surface area contributed by atoms with Crippen LogP contribution in [0.25, 0.3) is 0 Å². The maximum atomic E-state index is 11.7. The van der Waals surface area contributed by atoms with E-state index >= 15 is 0 Å². The predicted octanol–water partition coefficient (Wildman–Crippen LogP) is 0.562. The molecule has 0 saturated heterocycles. The quantitative estimate of drug-likeness (QED) is 0.515. The zero-order chi connectivity index (χ0) is 15.6. The Morgan fingerprint density at radius 2 is 2.05 bits per heavy atom. The Morgan fingerprint density at radius 1 is 1.23 bits per heavy atom. The van der Waals surface area contributed by atoms with Crippen molar-refractivity contribution in [3.63, 3.8) is 0 Å². The van der Waals surface area contributed by atoms with E-state index in [2.05, 4.69) is 25.5 Å². The Balaban J connectivity index is 1.61. The van der Waals surface area contributed by atoms with Gasteiger partial charge in [-0.1, -0.05) is 0 Å². The number of amides is 1. The fourth-order valence-electron chi connectivity index (χ4n) is 1.87. The minimum Gasteiger partial charge on any atom is -0.467 e. The van der Waals surface area contributed by atoms with Crippen LogP contribution in [-0.2, 0) is 17.9 Å². The highest BCUT2D eigenvalue weighted by atomic mass is 16.3. The third-order valence-electron chi connectivity index (χ3n) is 3.01. The lowest BCUT2D eigenvalue weighted by molar-refractivity contribution is -0.120. The maximum absolute atomic E-state index is 11.7. The van der Waals surface area contributed by atoms with E-state index in [0.29, 0.717) is 12.5 Å². The Labute approximate surface area is 129 Å². The molecular formula is C15H21N5O2. The second kappa shape index (κ2) is 8.56. The van der Waals surface area contributed by atoms with Crippen LogP contribution in [0.2, 0.25) is 0 Å². The van der Waals surface area contributed by atoms with Gasteiger partial charge >= 0.3 is 0 Å². The molecule has 0 aliphatic heterocycles. The smallest absolute Gasteiger partial charge is 0.239 e. The summed E-state index contributed by atoms with van der Waals surface area (Å²) in [6, 6.07) is 7.57. The van der Waals surface area contributed by atoms with Crippen molar-refractivity contribution < 1.29 is 9.21 Å². The third-order valence-corrected chi connectivity index (χ3v) is 3.01. The molecule has 118 valence electrons. The van der Waals surface area contributed by atoms with Gasteiger partial charge in [-0.05, 0) is 24.3 Å². The topological polar surface area (TPSA) is 83.6 Å². The average molecular weight is 303 g/mol. The molecule has 0 aliphatic carbocycles. The first-order chi connectivity index (χ1) is 10.8. The largest absolute Gasteiger partial charge is 0.467 e. The Kier molecular flexibility index (Phi) is 6.10. The molecule has 2 aromatic heterocycles. The van der Waals surface area contributed by atoms with Crippen LogP contribution in [0.5, 0.6) is 0 Å². The van der Waals surface area contributed by atoms with Crippen molar-refractivity contribution in [1.29, 1.82) is 0 Å². The van der Waals surface area contributed by atoms with Crippen molar-refractivity contribution in [3.8, 4) is 0 Å². The number of aliphatic imine (C=N–C) groups is 1.